The molecule has 0 aliphatic carbocycles. The van der Waals surface area contributed by atoms with E-state index in [0.717, 1.165) is 16.7 Å². The van der Waals surface area contributed by atoms with Gasteiger partial charge in [0.2, 0.25) is 11.8 Å². The summed E-state index contributed by atoms with van der Waals surface area (Å²) in [6.07, 6.45) is 0.241. The average molecular weight is 496 g/mol. The second-order valence-corrected chi connectivity index (χ2v) is 10.4. The largest absolute Gasteiger partial charge is 0.444 e. The lowest BCUT2D eigenvalue weighted by atomic mass is 9.99. The highest BCUT2D eigenvalue weighted by molar-refractivity contribution is 5.92. The lowest BCUT2D eigenvalue weighted by Crippen LogP contribution is -2.54. The minimum absolute atomic E-state index is 0.0935. The molecule has 0 saturated heterocycles. The molecule has 36 heavy (non-hydrogen) atoms. The molecule has 0 spiro atoms. The molecule has 0 fully saturated rings. The minimum atomic E-state index is -0.909. The van der Waals surface area contributed by atoms with E-state index in [0.29, 0.717) is 13.0 Å². The van der Waals surface area contributed by atoms with Crippen LogP contribution in [0.2, 0.25) is 0 Å². The molecule has 2 rings (SSSR count). The van der Waals surface area contributed by atoms with Crippen molar-refractivity contribution in [3.8, 4) is 0 Å². The van der Waals surface area contributed by atoms with Crippen molar-refractivity contribution in [1.82, 2.24) is 15.5 Å². The quantitative estimate of drug-likeness (QED) is 0.489. The lowest BCUT2D eigenvalue weighted by Gasteiger charge is -2.35. The van der Waals surface area contributed by atoms with E-state index in [-0.39, 0.29) is 24.3 Å². The summed E-state index contributed by atoms with van der Waals surface area (Å²) in [7, 11) is 0. The molecule has 2 aromatic carbocycles. The molecule has 2 unspecified atom stereocenters. The van der Waals surface area contributed by atoms with Gasteiger partial charge in [0.05, 0.1) is 0 Å². The first-order chi connectivity index (χ1) is 16.9. The molecule has 0 radical (unpaired) electrons. The molecule has 2 N–H and O–H groups in total. The maximum atomic E-state index is 14.1. The average Bonchev–Trinajstić information content (AvgIpc) is 2.78. The summed E-state index contributed by atoms with van der Waals surface area (Å²) >= 11 is 0. The Hall–Kier alpha value is -3.35. The molecule has 7 nitrogen and oxygen atoms in total. The van der Waals surface area contributed by atoms with E-state index in [2.05, 4.69) is 10.6 Å². The van der Waals surface area contributed by atoms with E-state index in [1.807, 2.05) is 82.3 Å². The maximum Gasteiger partial charge on any atom is 0.408 e. The Morgan fingerprint density at radius 2 is 1.56 bits per heavy atom. The predicted molar refractivity (Wildman–Crippen MR) is 143 cm³/mol. The van der Waals surface area contributed by atoms with Gasteiger partial charge in [-0.05, 0) is 59.1 Å². The minimum Gasteiger partial charge on any atom is -0.444 e. The van der Waals surface area contributed by atoms with E-state index >= 15 is 0 Å². The fourth-order valence-electron chi connectivity index (χ4n) is 3.89. The van der Waals surface area contributed by atoms with Crippen LogP contribution in [-0.4, -0.2) is 47.0 Å². The van der Waals surface area contributed by atoms with E-state index in [9.17, 15) is 14.4 Å². The number of amides is 3. The molecule has 0 saturated carbocycles. The lowest BCUT2D eigenvalue weighted by molar-refractivity contribution is -0.142. The van der Waals surface area contributed by atoms with Gasteiger partial charge in [0.1, 0.15) is 17.7 Å². The van der Waals surface area contributed by atoms with Gasteiger partial charge in [0.15, 0.2) is 0 Å². The third kappa shape index (κ3) is 9.02. The van der Waals surface area contributed by atoms with Crippen molar-refractivity contribution in [3.63, 3.8) is 0 Å². The van der Waals surface area contributed by atoms with Crippen LogP contribution in [0, 0.1) is 6.92 Å². The smallest absolute Gasteiger partial charge is 0.408 e. The highest BCUT2D eigenvalue weighted by atomic mass is 16.6. The van der Waals surface area contributed by atoms with Gasteiger partial charge in [-0.15, -0.1) is 0 Å². The van der Waals surface area contributed by atoms with Crippen LogP contribution in [0.1, 0.15) is 70.7 Å². The van der Waals surface area contributed by atoms with Crippen LogP contribution in [0.3, 0.4) is 0 Å². The number of rotatable bonds is 10. The number of nitrogens with one attached hydrogen (secondary N) is 2. The van der Waals surface area contributed by atoms with Gasteiger partial charge in [-0.25, -0.2) is 4.79 Å². The first-order valence-electron chi connectivity index (χ1n) is 12.6. The molecule has 0 aliphatic heterocycles. The molecular weight excluding hydrogens is 454 g/mol. The Balaban J connectivity index is 2.49. The van der Waals surface area contributed by atoms with Crippen molar-refractivity contribution in [2.75, 3.05) is 6.54 Å². The van der Waals surface area contributed by atoms with Gasteiger partial charge >= 0.3 is 6.09 Å². The van der Waals surface area contributed by atoms with Crippen molar-refractivity contribution >= 4 is 17.9 Å². The van der Waals surface area contributed by atoms with Gasteiger partial charge in [-0.3, -0.25) is 9.59 Å². The fourth-order valence-corrected chi connectivity index (χ4v) is 3.89. The molecule has 3 amide bonds. The Kier molecular flexibility index (Phi) is 10.5. The van der Waals surface area contributed by atoms with Crippen LogP contribution in [0.5, 0.6) is 0 Å². The van der Waals surface area contributed by atoms with Crippen LogP contribution in [0.4, 0.5) is 4.79 Å². The summed E-state index contributed by atoms with van der Waals surface area (Å²) in [5, 5.41) is 5.74. The molecular formula is C29H41N3O4. The molecule has 0 aliphatic rings. The second-order valence-electron chi connectivity index (χ2n) is 10.4. The molecule has 196 valence electrons. The van der Waals surface area contributed by atoms with Gasteiger partial charge in [-0.1, -0.05) is 67.1 Å². The molecule has 0 heterocycles. The van der Waals surface area contributed by atoms with Crippen molar-refractivity contribution in [3.05, 3.63) is 71.3 Å². The fraction of sp³-hybridized carbons (Fsp3) is 0.483. The second kappa shape index (κ2) is 13.1. The van der Waals surface area contributed by atoms with E-state index < -0.39 is 23.8 Å². The monoisotopic (exact) mass is 495 g/mol. The van der Waals surface area contributed by atoms with Gasteiger partial charge in [0.25, 0.3) is 0 Å². The summed E-state index contributed by atoms with van der Waals surface area (Å²) in [5.41, 5.74) is 1.96. The highest BCUT2D eigenvalue weighted by Gasteiger charge is 2.36. The number of hydrogen-bond donors (Lipinski definition) is 2. The van der Waals surface area contributed by atoms with Crippen LogP contribution in [-0.2, 0) is 20.7 Å². The van der Waals surface area contributed by atoms with Crippen LogP contribution >= 0.6 is 0 Å². The molecule has 2 atom stereocenters. The third-order valence-corrected chi connectivity index (χ3v) is 5.40. The van der Waals surface area contributed by atoms with E-state index in [1.54, 1.807) is 25.7 Å². The third-order valence-electron chi connectivity index (χ3n) is 5.40. The van der Waals surface area contributed by atoms with Gasteiger partial charge in [-0.2, -0.15) is 0 Å². The first kappa shape index (κ1) is 28.9. The van der Waals surface area contributed by atoms with Gasteiger partial charge in [0, 0.05) is 19.0 Å². The highest BCUT2D eigenvalue weighted by Crippen LogP contribution is 2.24. The number of alkyl carbamates (subject to hydrolysis) is 1. The number of carbonyl (C=O) groups excluding carboxylic acids is 3. The zero-order chi connectivity index (χ0) is 26.9. The van der Waals surface area contributed by atoms with E-state index in [4.69, 9.17) is 4.74 Å². The summed E-state index contributed by atoms with van der Waals surface area (Å²) in [4.78, 5) is 41.8. The standard InChI is InChI=1S/C29H41N3O4/c1-8-18-32(25(26(33)30-20(2)3)23-16-14-21(4)15-17-23)27(34)24(19-22-12-10-9-11-13-22)31-28(35)36-29(5,6)7/h9-17,20,24-25H,8,18-19H2,1-7H3,(H,30,33)(H,31,35). The summed E-state index contributed by atoms with van der Waals surface area (Å²) in [5.74, 6) is -0.595. The number of benzene rings is 2. The first-order valence-corrected chi connectivity index (χ1v) is 12.6. The maximum absolute atomic E-state index is 14.1. The topological polar surface area (TPSA) is 87.7 Å². The van der Waals surface area contributed by atoms with Crippen LogP contribution in [0.25, 0.3) is 0 Å². The Morgan fingerprint density at radius 1 is 0.944 bits per heavy atom. The number of aryl methyl sites for hydroxylation is 1. The number of ether oxygens (including phenoxy) is 1. The van der Waals surface area contributed by atoms with Crippen molar-refractivity contribution in [2.45, 2.75) is 85.0 Å². The Bertz CT molecular complexity index is 997. The summed E-state index contributed by atoms with van der Waals surface area (Å²) < 4.78 is 5.45. The number of carbonyl (C=O) groups is 3. The van der Waals surface area contributed by atoms with Crippen molar-refractivity contribution < 1.29 is 19.1 Å². The van der Waals surface area contributed by atoms with Gasteiger partial charge < -0.3 is 20.3 Å². The van der Waals surface area contributed by atoms with Crippen molar-refractivity contribution in [1.29, 1.82) is 0 Å². The molecule has 2 aromatic rings. The normalized spacial score (nSPS) is 13.0. The summed E-state index contributed by atoms with van der Waals surface area (Å²) in [6.45, 7) is 13.4. The Morgan fingerprint density at radius 3 is 2.08 bits per heavy atom. The molecule has 7 heteroatoms. The predicted octanol–water partition coefficient (Wildman–Crippen LogP) is 4.94. The van der Waals surface area contributed by atoms with Crippen LogP contribution in [0.15, 0.2) is 54.6 Å². The van der Waals surface area contributed by atoms with Crippen LogP contribution < -0.4 is 10.6 Å². The molecule has 0 aromatic heterocycles. The van der Waals surface area contributed by atoms with E-state index in [1.165, 1.54) is 0 Å². The van der Waals surface area contributed by atoms with Crippen molar-refractivity contribution in [2.24, 2.45) is 0 Å². The zero-order valence-electron chi connectivity index (χ0n) is 22.6. The SMILES string of the molecule is CCCN(C(=O)C(Cc1ccccc1)NC(=O)OC(C)(C)C)C(C(=O)NC(C)C)c1ccc(C)cc1. The summed E-state index contributed by atoms with van der Waals surface area (Å²) in [6, 6.07) is 15.3. The molecule has 0 bridgehead atoms. The number of nitrogens with zero attached hydrogens (tertiary/aromatic N) is 1. The zero-order valence-corrected chi connectivity index (χ0v) is 22.6. The Labute approximate surface area is 215 Å². The number of hydrogen-bond acceptors (Lipinski definition) is 4.